The van der Waals surface area contributed by atoms with Gasteiger partial charge in [-0.3, -0.25) is 4.79 Å². The first-order valence-corrected chi connectivity index (χ1v) is 15.7. The number of carbonyl (C=O) groups excluding carboxylic acids is 1. The number of unbranched alkanes of at least 4 members (excludes halogenated alkanes) is 6. The van der Waals surface area contributed by atoms with Crippen LogP contribution in [0.3, 0.4) is 0 Å². The number of nitrogens with one attached hydrogen (secondary N) is 1. The summed E-state index contributed by atoms with van der Waals surface area (Å²) in [6, 6.07) is 7.33. The number of ether oxygens (including phenoxy) is 1. The molecule has 0 saturated heterocycles. The summed E-state index contributed by atoms with van der Waals surface area (Å²) in [7, 11) is -3.90. The van der Waals surface area contributed by atoms with Gasteiger partial charge in [0.25, 0.3) is 0 Å². The van der Waals surface area contributed by atoms with Gasteiger partial charge in [0, 0.05) is 11.8 Å². The summed E-state index contributed by atoms with van der Waals surface area (Å²) in [5, 5.41) is 28.2. The number of aromatic hydroxyl groups is 1. The van der Waals surface area contributed by atoms with E-state index in [1.165, 1.54) is 30.7 Å². The fourth-order valence-corrected chi connectivity index (χ4v) is 5.02. The number of carbonyl (C=O) groups is 1. The molecule has 0 spiro atoms. The number of hydrogen-bond donors (Lipinski definition) is 3. The summed E-state index contributed by atoms with van der Waals surface area (Å²) in [5.74, 6) is -0.445. The quantitative estimate of drug-likeness (QED) is 0.0524. The first-order chi connectivity index (χ1) is 19.2. The Morgan fingerprint density at radius 1 is 1.07 bits per heavy atom. The van der Waals surface area contributed by atoms with E-state index in [1.54, 1.807) is 6.07 Å². The van der Waals surface area contributed by atoms with Crippen LogP contribution in [-0.4, -0.2) is 36.8 Å². The Balaban J connectivity index is 1.86. The highest BCUT2D eigenvalue weighted by molar-refractivity contribution is 7.89. The van der Waals surface area contributed by atoms with Gasteiger partial charge in [0.15, 0.2) is 17.2 Å². The van der Waals surface area contributed by atoms with Crippen LogP contribution in [0.15, 0.2) is 50.4 Å². The molecule has 216 valence electrons. The number of benzene rings is 2. The standard InChI is InChI=1S/C27H36N6O5S2/c1-3-5-7-9-11-25(34)30-24-16-19(15-23(26(24)35)29-18-38-14-10-8-6-4-2)31-32-27-21-17-20(40(28,36)37)12-13-22(21)33-39-27/h12-13,15-18,35H,3-11,14H2,1-2H3,(H,30,34)(H2,28,36,37)/b29-18+,32-31+. The van der Waals surface area contributed by atoms with Crippen LogP contribution >= 0.6 is 11.5 Å². The van der Waals surface area contributed by atoms with Crippen molar-refractivity contribution in [2.24, 2.45) is 20.4 Å². The number of phenolic OH excluding ortho intramolecular Hbond substituents is 1. The van der Waals surface area contributed by atoms with E-state index in [0.29, 0.717) is 34.6 Å². The number of nitrogens with zero attached hydrogens (tertiary/aromatic N) is 4. The molecule has 0 atom stereocenters. The van der Waals surface area contributed by atoms with Gasteiger partial charge in [0.05, 0.1) is 28.4 Å². The minimum Gasteiger partial charge on any atom is -0.504 e. The second-order valence-electron chi connectivity index (χ2n) is 9.30. The Hall–Kier alpha value is -3.42. The van der Waals surface area contributed by atoms with Crippen LogP contribution in [0.2, 0.25) is 0 Å². The van der Waals surface area contributed by atoms with Crippen LogP contribution in [0.1, 0.15) is 71.6 Å². The molecule has 13 heteroatoms. The van der Waals surface area contributed by atoms with Gasteiger partial charge in [-0.15, -0.1) is 10.2 Å². The largest absolute Gasteiger partial charge is 0.504 e. The zero-order chi connectivity index (χ0) is 29.0. The molecule has 11 nitrogen and oxygen atoms in total. The van der Waals surface area contributed by atoms with E-state index >= 15 is 0 Å². The molecule has 0 radical (unpaired) electrons. The van der Waals surface area contributed by atoms with Gasteiger partial charge in [-0.1, -0.05) is 52.4 Å². The summed E-state index contributed by atoms with van der Waals surface area (Å²) < 4.78 is 33.3. The SMILES string of the molecule is CCCCCCO/C=N/c1cc(/N=N/c2snc3ccc(S(N)(=O)=O)cc23)cc(NC(=O)CCCCCC)c1O. The third kappa shape index (κ3) is 9.35. The van der Waals surface area contributed by atoms with Crippen LogP contribution < -0.4 is 10.5 Å². The molecule has 0 bridgehead atoms. The lowest BCUT2D eigenvalue weighted by atomic mass is 10.1. The number of fused-ring (bicyclic) bond motifs is 1. The van der Waals surface area contributed by atoms with Gasteiger partial charge in [-0.05, 0) is 54.7 Å². The number of azo groups is 1. The average molecular weight is 589 g/mol. The lowest BCUT2D eigenvalue weighted by molar-refractivity contribution is -0.116. The van der Waals surface area contributed by atoms with Crippen molar-refractivity contribution >= 4 is 66.8 Å². The highest BCUT2D eigenvalue weighted by Crippen LogP contribution is 2.40. The van der Waals surface area contributed by atoms with Crippen molar-refractivity contribution in [1.82, 2.24) is 4.37 Å². The van der Waals surface area contributed by atoms with Crippen molar-refractivity contribution in [2.75, 3.05) is 11.9 Å². The minimum atomic E-state index is -3.90. The fourth-order valence-electron chi connectivity index (χ4n) is 3.80. The lowest BCUT2D eigenvalue weighted by Gasteiger charge is -2.10. The van der Waals surface area contributed by atoms with Gasteiger partial charge >= 0.3 is 0 Å². The molecule has 1 heterocycles. The first kappa shape index (κ1) is 31.1. The van der Waals surface area contributed by atoms with Crippen LogP contribution in [0.5, 0.6) is 5.75 Å². The van der Waals surface area contributed by atoms with Gasteiger partial charge < -0.3 is 15.2 Å². The molecule has 1 amide bonds. The highest BCUT2D eigenvalue weighted by atomic mass is 32.2. The zero-order valence-corrected chi connectivity index (χ0v) is 24.4. The van der Waals surface area contributed by atoms with Crippen LogP contribution in [0, 0.1) is 0 Å². The predicted octanol–water partition coefficient (Wildman–Crippen LogP) is 7.23. The number of amides is 1. The van der Waals surface area contributed by atoms with Crippen molar-refractivity contribution < 1.29 is 23.1 Å². The van der Waals surface area contributed by atoms with Crippen molar-refractivity contribution in [3.05, 3.63) is 30.3 Å². The maximum Gasteiger partial charge on any atom is 0.238 e. The van der Waals surface area contributed by atoms with E-state index in [-0.39, 0.29) is 27.9 Å². The van der Waals surface area contributed by atoms with E-state index in [1.807, 2.05) is 0 Å². The number of aliphatic imine (C=N–C) groups is 1. The van der Waals surface area contributed by atoms with Crippen molar-refractivity contribution in [3.63, 3.8) is 0 Å². The summed E-state index contributed by atoms with van der Waals surface area (Å²) in [6.45, 7) is 4.74. The van der Waals surface area contributed by atoms with Gasteiger partial charge in [-0.25, -0.2) is 18.5 Å². The molecule has 0 fully saturated rings. The monoisotopic (exact) mass is 588 g/mol. The molecule has 4 N–H and O–H groups in total. The summed E-state index contributed by atoms with van der Waals surface area (Å²) >= 11 is 1.05. The molecule has 2 aromatic carbocycles. The number of nitrogens with two attached hydrogens (primary N) is 1. The molecule has 0 aliphatic carbocycles. The number of sulfonamides is 1. The molecule has 0 unspecified atom stereocenters. The summed E-state index contributed by atoms with van der Waals surface area (Å²) in [5.41, 5.74) is 1.16. The Labute approximate surface area is 238 Å². The number of phenols is 1. The molecule has 3 rings (SSSR count). The van der Waals surface area contributed by atoms with Crippen LogP contribution in [0.25, 0.3) is 10.9 Å². The molecular formula is C27H36N6O5S2. The molecule has 0 saturated carbocycles. The molecule has 0 aliphatic rings. The number of hydrogen-bond acceptors (Lipinski definition) is 10. The van der Waals surface area contributed by atoms with Crippen molar-refractivity contribution in [2.45, 2.75) is 76.5 Å². The third-order valence-corrected chi connectivity index (χ3v) is 7.68. The Morgan fingerprint density at radius 2 is 1.82 bits per heavy atom. The van der Waals surface area contributed by atoms with Gasteiger partial charge in [0.1, 0.15) is 5.69 Å². The number of primary sulfonamides is 1. The van der Waals surface area contributed by atoms with E-state index in [4.69, 9.17) is 9.88 Å². The van der Waals surface area contributed by atoms with Crippen molar-refractivity contribution in [1.29, 1.82) is 0 Å². The fraction of sp³-hybridized carbons (Fsp3) is 0.444. The van der Waals surface area contributed by atoms with E-state index in [0.717, 1.165) is 62.9 Å². The van der Waals surface area contributed by atoms with Crippen LogP contribution in [-0.2, 0) is 19.6 Å². The normalized spacial score (nSPS) is 12.1. The average Bonchev–Trinajstić information content (AvgIpc) is 3.33. The predicted molar refractivity (Wildman–Crippen MR) is 159 cm³/mol. The smallest absolute Gasteiger partial charge is 0.238 e. The van der Waals surface area contributed by atoms with E-state index in [9.17, 15) is 18.3 Å². The van der Waals surface area contributed by atoms with Crippen molar-refractivity contribution in [3.8, 4) is 5.75 Å². The minimum absolute atomic E-state index is 0.0588. The van der Waals surface area contributed by atoms with Crippen LogP contribution in [0.4, 0.5) is 22.1 Å². The number of aromatic nitrogens is 1. The second kappa shape index (κ2) is 15.4. The highest BCUT2D eigenvalue weighted by Gasteiger charge is 2.15. The molecular weight excluding hydrogens is 552 g/mol. The molecule has 3 aromatic rings. The lowest BCUT2D eigenvalue weighted by Crippen LogP contribution is -2.11. The van der Waals surface area contributed by atoms with Gasteiger partial charge in [0.2, 0.25) is 15.9 Å². The second-order valence-corrected chi connectivity index (χ2v) is 11.6. The number of anilines is 1. The Kier molecular flexibility index (Phi) is 12.0. The van der Waals surface area contributed by atoms with Gasteiger partial charge in [-0.2, -0.15) is 4.37 Å². The molecule has 40 heavy (non-hydrogen) atoms. The number of rotatable bonds is 16. The third-order valence-electron chi connectivity index (χ3n) is 6.00. The molecule has 1 aromatic heterocycles. The Bertz CT molecular complexity index is 1450. The maximum atomic E-state index is 12.5. The van der Waals surface area contributed by atoms with E-state index < -0.39 is 10.0 Å². The topological polar surface area (TPSA) is 169 Å². The zero-order valence-electron chi connectivity index (χ0n) is 22.8. The maximum absolute atomic E-state index is 12.5. The summed E-state index contributed by atoms with van der Waals surface area (Å²) in [4.78, 5) is 16.7. The Morgan fingerprint density at radius 3 is 2.55 bits per heavy atom. The van der Waals surface area contributed by atoms with E-state index in [2.05, 4.69) is 38.8 Å². The molecule has 0 aliphatic heterocycles. The first-order valence-electron chi connectivity index (χ1n) is 13.4. The summed E-state index contributed by atoms with van der Waals surface area (Å²) in [6.07, 6.45) is 9.62.